The van der Waals surface area contributed by atoms with Gasteiger partial charge < -0.3 is 38.4 Å². The number of nitrogens with two attached hydrogens (primary N) is 1. The summed E-state index contributed by atoms with van der Waals surface area (Å²) in [7, 11) is 2.62. The van der Waals surface area contributed by atoms with Crippen LogP contribution >= 0.6 is 14.9 Å². The van der Waals surface area contributed by atoms with E-state index in [-0.39, 0.29) is 40.7 Å². The van der Waals surface area contributed by atoms with E-state index in [0.29, 0.717) is 0 Å². The number of anilines is 1. The van der Waals surface area contributed by atoms with Crippen LogP contribution in [-0.4, -0.2) is 118 Å². The molecule has 10 atom stereocenters. The number of rotatable bonds is 2. The Morgan fingerprint density at radius 3 is 2.36 bits per heavy atom. The van der Waals surface area contributed by atoms with E-state index in [1.165, 1.54) is 28.0 Å². The minimum absolute atomic E-state index is 0.0426. The second-order valence-electron chi connectivity index (χ2n) is 10.2. The highest BCUT2D eigenvalue weighted by molar-refractivity contribution is 7.79. The molecule has 3 N–H and O–H groups in total. The fourth-order valence-electron chi connectivity index (χ4n) is 5.41. The van der Waals surface area contributed by atoms with Gasteiger partial charge in [0.15, 0.2) is 30.1 Å². The molecular weight excluding hydrogens is 627 g/mol. The number of aliphatic imine (C=N–C) groups is 1. The molecule has 3 aromatic heterocycles. The van der Waals surface area contributed by atoms with E-state index in [9.17, 15) is 19.0 Å². The highest BCUT2D eigenvalue weighted by atomic mass is 31.2. The van der Waals surface area contributed by atoms with Crippen molar-refractivity contribution in [3.63, 3.8) is 0 Å². The summed E-state index contributed by atoms with van der Waals surface area (Å²) in [6, 6.07) is 0. The molecule has 3 saturated heterocycles. The van der Waals surface area contributed by atoms with E-state index >= 15 is 4.39 Å². The van der Waals surface area contributed by atoms with Crippen molar-refractivity contribution in [2.45, 2.75) is 49.1 Å². The zero-order valence-electron chi connectivity index (χ0n) is 22.3. The lowest BCUT2D eigenvalue weighted by Crippen LogP contribution is -2.38. The summed E-state index contributed by atoms with van der Waals surface area (Å²) in [6.07, 6.45) is -7.26. The number of aliphatic hydroxyl groups is 1. The lowest BCUT2D eigenvalue weighted by molar-refractivity contribution is -0.0568. The average molecular weight is 648 g/mol. The van der Waals surface area contributed by atoms with Crippen LogP contribution in [0.25, 0.3) is 11.2 Å². The molecule has 0 spiro atoms. The number of nitrogen functional groups attached to an aromatic ring is 1. The Balaban J connectivity index is 1.16. The molecule has 0 aromatic carbocycles. The van der Waals surface area contributed by atoms with Crippen molar-refractivity contribution in [3.05, 3.63) is 30.4 Å². The lowest BCUT2D eigenvalue weighted by atomic mass is 10.1. The van der Waals surface area contributed by atoms with E-state index in [0.717, 1.165) is 6.33 Å². The Bertz CT molecular complexity index is 1760. The number of halogens is 1. The number of hydrogen-bond acceptors (Lipinski definition) is 16. The number of alkyl halides is 1. The number of ketones is 1. The third-order valence-corrected chi connectivity index (χ3v) is 9.52. The largest absolute Gasteiger partial charge is 0.386 e. The van der Waals surface area contributed by atoms with Crippen molar-refractivity contribution in [3.8, 4) is 0 Å². The Morgan fingerprint density at radius 1 is 0.955 bits per heavy atom. The molecule has 0 amide bonds. The Morgan fingerprint density at radius 2 is 1.61 bits per heavy atom. The van der Waals surface area contributed by atoms with E-state index < -0.39 is 77.3 Å². The lowest BCUT2D eigenvalue weighted by Gasteiger charge is -2.30. The first-order valence-corrected chi connectivity index (χ1v) is 16.2. The van der Waals surface area contributed by atoms with Crippen molar-refractivity contribution < 1.29 is 51.0 Å². The highest BCUT2D eigenvalue weighted by Gasteiger charge is 2.53. The highest BCUT2D eigenvalue weighted by Crippen LogP contribution is 2.53. The average Bonchev–Trinajstić information content (AvgIpc) is 3.73. The fourth-order valence-corrected chi connectivity index (χ4v) is 7.43. The van der Waals surface area contributed by atoms with Gasteiger partial charge in [0.2, 0.25) is 20.9 Å². The molecule has 3 fully saturated rings. The number of ether oxygens (including phenoxy) is 2. The monoisotopic (exact) mass is 648 g/mol. The molecule has 7 heterocycles. The Kier molecular flexibility index (Phi) is 7.38. The third-order valence-electron chi connectivity index (χ3n) is 7.43. The molecule has 3 aromatic rings. The summed E-state index contributed by atoms with van der Waals surface area (Å²) >= 11 is 0. The summed E-state index contributed by atoms with van der Waals surface area (Å²) in [5, 5.41) is 11.2. The Hall–Kier alpha value is -2.86. The van der Waals surface area contributed by atoms with Crippen LogP contribution in [0.3, 0.4) is 0 Å². The summed E-state index contributed by atoms with van der Waals surface area (Å²) in [5.41, 5.74) is 6.49. The van der Waals surface area contributed by atoms with Gasteiger partial charge in [-0.25, -0.2) is 24.3 Å². The van der Waals surface area contributed by atoms with Gasteiger partial charge in [0.1, 0.15) is 54.6 Å². The van der Waals surface area contributed by atoms with Crippen molar-refractivity contribution >= 4 is 59.1 Å². The Labute approximate surface area is 249 Å². The number of carbonyl (C=O) groups is 1. The smallest absolute Gasteiger partial charge is 0.264 e. The van der Waals surface area contributed by atoms with Crippen LogP contribution in [0.1, 0.15) is 28.6 Å². The quantitative estimate of drug-likeness (QED) is 0.271. The van der Waals surface area contributed by atoms with Crippen LogP contribution < -0.4 is 5.73 Å². The predicted molar refractivity (Wildman–Crippen MR) is 146 cm³/mol. The minimum Gasteiger partial charge on any atom is -0.386 e. The summed E-state index contributed by atoms with van der Waals surface area (Å²) < 4.78 is 78.3. The minimum atomic E-state index is -4.56. The van der Waals surface area contributed by atoms with Gasteiger partial charge in [-0.15, -0.1) is 0 Å². The molecule has 0 bridgehead atoms. The fraction of sp³-hybridized carbons (Fsp3) is 0.524. The van der Waals surface area contributed by atoms with Gasteiger partial charge in [0.05, 0.1) is 31.6 Å². The van der Waals surface area contributed by atoms with Crippen molar-refractivity contribution in [1.29, 1.82) is 0 Å². The second kappa shape index (κ2) is 10.9. The van der Waals surface area contributed by atoms with E-state index in [4.69, 9.17) is 48.4 Å². The molecule has 228 valence electrons. The van der Waals surface area contributed by atoms with Crippen LogP contribution in [0.5, 0.6) is 0 Å². The molecule has 4 unspecified atom stereocenters. The van der Waals surface area contributed by atoms with Gasteiger partial charge in [-0.05, 0) is 0 Å². The summed E-state index contributed by atoms with van der Waals surface area (Å²) in [6.45, 7) is -1.44. The van der Waals surface area contributed by atoms with Crippen LogP contribution in [0, 0.1) is 0 Å². The number of imidazole rings is 2. The zero-order chi connectivity index (χ0) is 31.0. The van der Waals surface area contributed by atoms with Crippen LogP contribution in [0.15, 0.2) is 24.0 Å². The second-order valence-corrected chi connectivity index (χ2v) is 13.3. The maximum absolute atomic E-state index is 15.9. The maximum atomic E-state index is 15.9. The first-order chi connectivity index (χ1) is 20.9. The SMILES string of the molecule is [B]P1(=O)OC[C@H]2O[C@@H](n3cnc4c(N)ncnc43)C(F)[C@H]2OP([B])(=O)OC[C@H]2O[C@@H](n3cnc4c3C=NCC4=O)[C@@H](O)C2O1. The molecule has 23 heteroatoms. The van der Waals surface area contributed by atoms with Gasteiger partial charge in [-0.2, -0.15) is 0 Å². The van der Waals surface area contributed by atoms with Crippen LogP contribution in [0.2, 0.25) is 0 Å². The first kappa shape index (κ1) is 29.8. The number of hydrogen-bond donors (Lipinski definition) is 2. The van der Waals surface area contributed by atoms with E-state index in [1.54, 1.807) is 0 Å². The van der Waals surface area contributed by atoms with Gasteiger partial charge in [0, 0.05) is 6.21 Å². The number of aromatic nitrogens is 6. The predicted octanol–water partition coefficient (Wildman–Crippen LogP) is -0.215. The number of aliphatic hydroxyl groups excluding tert-OH is 1. The molecule has 18 nitrogen and oxygen atoms in total. The molecule has 0 aliphatic carbocycles. The molecule has 0 saturated carbocycles. The van der Waals surface area contributed by atoms with Crippen molar-refractivity contribution in [2.24, 2.45) is 4.99 Å². The van der Waals surface area contributed by atoms with Gasteiger partial charge >= 0.3 is 0 Å². The number of fused-ring (bicyclic) bond motifs is 4. The van der Waals surface area contributed by atoms with Crippen LogP contribution in [-0.2, 0) is 36.7 Å². The zero-order valence-corrected chi connectivity index (χ0v) is 24.1. The number of Topliss-reactive ketones (excluding diaryl/α,β-unsaturated/α-hetero) is 1. The normalized spacial score (nSPS) is 39.4. The van der Waals surface area contributed by atoms with Crippen molar-refractivity contribution in [1.82, 2.24) is 29.1 Å². The van der Waals surface area contributed by atoms with E-state index in [2.05, 4.69) is 24.9 Å². The standard InChI is InChI=1S/C21H21B2FN8O10P2/c22-43(35)38-4-11-17(15(34)21(40-11)31-6-29-13-8(31)1-26-2-9(13)33)42-44(23,36)37-3-10-16(41-43)12(24)20(39-10)32-7-30-14-18(25)27-5-28-19(14)32/h1,5-7,10-12,15-17,20-21,34H,2-4H2,(H2,25,27,28)/t10-,11-,12?,15+,16+,17?,20-,21-,43?,44?/m1/s1. The van der Waals surface area contributed by atoms with Crippen LogP contribution in [0.4, 0.5) is 10.2 Å². The molecular formula is C21H21B2FN8O10P2. The van der Waals surface area contributed by atoms with Gasteiger partial charge in [0.25, 0.3) is 14.9 Å². The topological polar surface area (TPSA) is 227 Å². The maximum Gasteiger partial charge on any atom is 0.264 e. The van der Waals surface area contributed by atoms with Gasteiger partial charge in [-0.3, -0.25) is 28.1 Å². The first-order valence-electron chi connectivity index (χ1n) is 13.0. The van der Waals surface area contributed by atoms with Crippen molar-refractivity contribution in [2.75, 3.05) is 25.5 Å². The number of nitrogens with zero attached hydrogens (tertiary/aromatic N) is 7. The molecule has 4 aliphatic heterocycles. The van der Waals surface area contributed by atoms with Gasteiger partial charge in [-0.1, -0.05) is 0 Å². The molecule has 4 radical (unpaired) electrons. The molecule has 4 aliphatic rings. The molecule has 7 rings (SSSR count). The molecule has 44 heavy (non-hydrogen) atoms. The summed E-state index contributed by atoms with van der Waals surface area (Å²) in [4.78, 5) is 32.2. The summed E-state index contributed by atoms with van der Waals surface area (Å²) in [5.74, 6) is -0.304. The van der Waals surface area contributed by atoms with E-state index in [1.807, 2.05) is 0 Å². The third kappa shape index (κ3) is 5.15. The number of carbonyl (C=O) groups excluding carboxylic acids is 1.